The summed E-state index contributed by atoms with van der Waals surface area (Å²) in [5, 5.41) is 1.31. The van der Waals surface area contributed by atoms with Crippen LogP contribution in [0.4, 0.5) is 4.79 Å². The number of fused-ring (bicyclic) bond motifs is 1. The molecule has 0 saturated carbocycles. The summed E-state index contributed by atoms with van der Waals surface area (Å²) >= 11 is 5.70. The lowest BCUT2D eigenvalue weighted by atomic mass is 9.84. The van der Waals surface area contributed by atoms with Gasteiger partial charge in [-0.05, 0) is 67.4 Å². The first-order valence-electron chi connectivity index (χ1n) is 8.91. The standard InChI is InChI=1S/C20H26BrNO2S/c1-13(18-17(21)15-7-5-6-8-16(15)25-18)14-9-11-22(12-10-14)19(23)24-20(2,3)4/h5-8,13-14H,9-12H2,1-4H3/t13-/m0/s1. The van der Waals surface area contributed by atoms with Crippen molar-refractivity contribution in [1.29, 1.82) is 0 Å². The number of rotatable bonds is 2. The van der Waals surface area contributed by atoms with E-state index in [0.29, 0.717) is 11.8 Å². The summed E-state index contributed by atoms with van der Waals surface area (Å²) in [6, 6.07) is 8.55. The molecule has 1 saturated heterocycles. The van der Waals surface area contributed by atoms with Gasteiger partial charge in [0.25, 0.3) is 0 Å². The van der Waals surface area contributed by atoms with Crippen molar-refractivity contribution in [3.8, 4) is 0 Å². The molecule has 3 rings (SSSR count). The third-order valence-corrected chi connectivity index (χ3v) is 7.36. The Kier molecular flexibility index (Phi) is 5.45. The molecule has 1 aromatic carbocycles. The van der Waals surface area contributed by atoms with Crippen LogP contribution in [-0.2, 0) is 4.74 Å². The zero-order chi connectivity index (χ0) is 18.2. The van der Waals surface area contributed by atoms with Crippen LogP contribution in [0.3, 0.4) is 0 Å². The van der Waals surface area contributed by atoms with Gasteiger partial charge in [0.2, 0.25) is 0 Å². The molecule has 1 aliphatic rings. The molecule has 1 amide bonds. The van der Waals surface area contributed by atoms with Gasteiger partial charge in [-0.15, -0.1) is 11.3 Å². The summed E-state index contributed by atoms with van der Waals surface area (Å²) in [6.07, 6.45) is 1.88. The van der Waals surface area contributed by atoms with E-state index in [-0.39, 0.29) is 6.09 Å². The van der Waals surface area contributed by atoms with Gasteiger partial charge in [0.15, 0.2) is 0 Å². The number of halogens is 1. The molecule has 0 unspecified atom stereocenters. The van der Waals surface area contributed by atoms with Crippen LogP contribution in [0.15, 0.2) is 28.7 Å². The number of hydrogen-bond acceptors (Lipinski definition) is 3. The second-order valence-corrected chi connectivity index (χ2v) is 9.75. The Hall–Kier alpha value is -1.07. The molecule has 0 N–H and O–H groups in total. The molecule has 0 aliphatic carbocycles. The van der Waals surface area contributed by atoms with Crippen LogP contribution in [0.2, 0.25) is 0 Å². The second-order valence-electron chi connectivity index (χ2n) is 7.87. The first-order chi connectivity index (χ1) is 11.8. The second kappa shape index (κ2) is 7.28. The summed E-state index contributed by atoms with van der Waals surface area (Å²) in [6.45, 7) is 9.64. The molecule has 2 aromatic rings. The Balaban J connectivity index is 1.66. The van der Waals surface area contributed by atoms with Crippen LogP contribution in [-0.4, -0.2) is 29.7 Å². The van der Waals surface area contributed by atoms with Crippen molar-refractivity contribution in [2.75, 3.05) is 13.1 Å². The van der Waals surface area contributed by atoms with Gasteiger partial charge in [-0.3, -0.25) is 0 Å². The smallest absolute Gasteiger partial charge is 0.410 e. The summed E-state index contributed by atoms with van der Waals surface area (Å²) in [7, 11) is 0. The number of thiophene rings is 1. The molecular weight excluding hydrogens is 398 g/mol. The summed E-state index contributed by atoms with van der Waals surface area (Å²) < 4.78 is 8.08. The van der Waals surface area contributed by atoms with Gasteiger partial charge in [-0.25, -0.2) is 4.79 Å². The van der Waals surface area contributed by atoms with Gasteiger partial charge < -0.3 is 9.64 Å². The minimum Gasteiger partial charge on any atom is -0.444 e. The largest absolute Gasteiger partial charge is 0.444 e. The van der Waals surface area contributed by atoms with Crippen LogP contribution < -0.4 is 0 Å². The summed E-state index contributed by atoms with van der Waals surface area (Å²) in [4.78, 5) is 15.5. The van der Waals surface area contributed by atoms with Crippen molar-refractivity contribution in [3.63, 3.8) is 0 Å². The average Bonchev–Trinajstić information content (AvgIpc) is 2.90. The zero-order valence-corrected chi connectivity index (χ0v) is 17.7. The molecule has 136 valence electrons. The van der Waals surface area contributed by atoms with Crippen LogP contribution in [0.5, 0.6) is 0 Å². The molecule has 3 nitrogen and oxygen atoms in total. The number of ether oxygens (including phenoxy) is 1. The van der Waals surface area contributed by atoms with Crippen molar-refractivity contribution in [2.24, 2.45) is 5.92 Å². The Morgan fingerprint density at radius 2 is 1.92 bits per heavy atom. The summed E-state index contributed by atoms with van der Waals surface area (Å²) in [5.41, 5.74) is -0.427. The fourth-order valence-electron chi connectivity index (χ4n) is 3.45. The Labute approximate surface area is 162 Å². The van der Waals surface area contributed by atoms with Crippen molar-refractivity contribution >= 4 is 43.4 Å². The highest BCUT2D eigenvalue weighted by Gasteiger charge is 2.31. The van der Waals surface area contributed by atoms with Gasteiger partial charge in [-0.1, -0.05) is 25.1 Å². The predicted octanol–water partition coefficient (Wildman–Crippen LogP) is 6.41. The van der Waals surface area contributed by atoms with E-state index < -0.39 is 5.60 Å². The normalized spacial score (nSPS) is 17.7. The van der Waals surface area contributed by atoms with E-state index in [4.69, 9.17) is 4.74 Å². The Morgan fingerprint density at radius 1 is 1.28 bits per heavy atom. The van der Waals surface area contributed by atoms with Gasteiger partial charge in [0.05, 0.1) is 0 Å². The number of nitrogens with zero attached hydrogens (tertiary/aromatic N) is 1. The molecule has 1 atom stereocenters. The molecule has 5 heteroatoms. The summed E-state index contributed by atoms with van der Waals surface area (Å²) in [5.74, 6) is 1.09. The molecule has 0 spiro atoms. The molecular formula is C20H26BrNO2S. The third kappa shape index (κ3) is 4.20. The topological polar surface area (TPSA) is 29.5 Å². The molecule has 25 heavy (non-hydrogen) atoms. The maximum Gasteiger partial charge on any atom is 0.410 e. The number of piperidine rings is 1. The van der Waals surface area contributed by atoms with E-state index in [0.717, 1.165) is 25.9 Å². The third-order valence-electron chi connectivity index (χ3n) is 4.87. The van der Waals surface area contributed by atoms with Gasteiger partial charge in [-0.2, -0.15) is 0 Å². The number of hydrogen-bond donors (Lipinski definition) is 0. The average molecular weight is 424 g/mol. The molecule has 0 bridgehead atoms. The monoisotopic (exact) mass is 423 g/mol. The molecule has 1 fully saturated rings. The maximum absolute atomic E-state index is 12.2. The Bertz CT molecular complexity index is 757. The zero-order valence-electron chi connectivity index (χ0n) is 15.3. The highest BCUT2D eigenvalue weighted by atomic mass is 79.9. The lowest BCUT2D eigenvalue weighted by Crippen LogP contribution is -2.42. The predicted molar refractivity (Wildman–Crippen MR) is 108 cm³/mol. The highest BCUT2D eigenvalue weighted by molar-refractivity contribution is 9.10. The van der Waals surface area contributed by atoms with E-state index in [1.807, 2.05) is 37.0 Å². The van der Waals surface area contributed by atoms with Crippen molar-refractivity contribution in [1.82, 2.24) is 4.90 Å². The first kappa shape index (κ1) is 18.7. The van der Waals surface area contributed by atoms with E-state index >= 15 is 0 Å². The number of amides is 1. The number of benzene rings is 1. The number of likely N-dealkylation sites (tertiary alicyclic amines) is 1. The first-order valence-corrected chi connectivity index (χ1v) is 10.5. The fraction of sp³-hybridized carbons (Fsp3) is 0.550. The van der Waals surface area contributed by atoms with Crippen LogP contribution >= 0.6 is 27.3 Å². The van der Waals surface area contributed by atoms with Crippen LogP contribution in [0, 0.1) is 5.92 Å². The van der Waals surface area contributed by atoms with E-state index in [2.05, 4.69) is 47.1 Å². The number of carbonyl (C=O) groups excluding carboxylic acids is 1. The lowest BCUT2D eigenvalue weighted by molar-refractivity contribution is 0.0176. The van der Waals surface area contributed by atoms with Gasteiger partial charge in [0, 0.05) is 32.5 Å². The van der Waals surface area contributed by atoms with Crippen molar-refractivity contribution in [2.45, 2.75) is 52.1 Å². The molecule has 0 radical (unpaired) electrons. The number of carbonyl (C=O) groups is 1. The maximum atomic E-state index is 12.2. The molecule has 2 heterocycles. The Morgan fingerprint density at radius 3 is 2.52 bits per heavy atom. The lowest BCUT2D eigenvalue weighted by Gasteiger charge is -2.35. The molecule has 1 aromatic heterocycles. The quantitative estimate of drug-likeness (QED) is 0.557. The van der Waals surface area contributed by atoms with E-state index in [1.165, 1.54) is 19.4 Å². The van der Waals surface area contributed by atoms with Gasteiger partial charge >= 0.3 is 6.09 Å². The van der Waals surface area contributed by atoms with Crippen molar-refractivity contribution < 1.29 is 9.53 Å². The SMILES string of the molecule is C[C@H](c1sc2ccccc2c1Br)C1CCN(C(=O)OC(C)(C)C)CC1. The highest BCUT2D eigenvalue weighted by Crippen LogP contribution is 2.44. The fourth-order valence-corrected chi connectivity index (χ4v) is 5.77. The van der Waals surface area contributed by atoms with Gasteiger partial charge in [0.1, 0.15) is 5.60 Å². The minimum atomic E-state index is -0.427. The van der Waals surface area contributed by atoms with Crippen molar-refractivity contribution in [3.05, 3.63) is 33.6 Å². The van der Waals surface area contributed by atoms with E-state index in [9.17, 15) is 4.79 Å². The van der Waals surface area contributed by atoms with Crippen LogP contribution in [0.25, 0.3) is 10.1 Å². The minimum absolute atomic E-state index is 0.179. The molecule has 1 aliphatic heterocycles. The van der Waals surface area contributed by atoms with Crippen LogP contribution in [0.1, 0.15) is 51.3 Å². The van der Waals surface area contributed by atoms with E-state index in [1.54, 1.807) is 0 Å².